The lowest BCUT2D eigenvalue weighted by atomic mass is 9.99. The number of ether oxygens (including phenoxy) is 1. The molecule has 17 heavy (non-hydrogen) atoms. The molecule has 0 radical (unpaired) electrons. The SMILES string of the molecule is COc1cccc(-c2ccccc2)c1C(=O)O. The zero-order valence-electron chi connectivity index (χ0n) is 9.38. The Morgan fingerprint density at radius 2 is 1.76 bits per heavy atom. The maximum atomic E-state index is 11.3. The third-order valence-electron chi connectivity index (χ3n) is 2.54. The van der Waals surface area contributed by atoms with Crippen molar-refractivity contribution in [3.05, 3.63) is 54.1 Å². The summed E-state index contributed by atoms with van der Waals surface area (Å²) in [5.41, 5.74) is 1.72. The zero-order valence-corrected chi connectivity index (χ0v) is 9.38. The van der Waals surface area contributed by atoms with Crippen molar-refractivity contribution >= 4 is 5.97 Å². The molecule has 0 saturated heterocycles. The molecule has 0 aliphatic carbocycles. The molecule has 2 aromatic rings. The standard InChI is InChI=1S/C14H12O3/c1-17-12-9-5-8-11(13(12)14(15)16)10-6-3-2-4-7-10/h2-9H,1H3,(H,15,16). The lowest BCUT2D eigenvalue weighted by molar-refractivity contribution is 0.0694. The van der Waals surface area contributed by atoms with Crippen molar-refractivity contribution in [2.75, 3.05) is 7.11 Å². The highest BCUT2D eigenvalue weighted by atomic mass is 16.5. The second-order valence-electron chi connectivity index (χ2n) is 3.55. The number of methoxy groups -OCH3 is 1. The molecule has 3 heteroatoms. The Kier molecular flexibility index (Phi) is 3.10. The fourth-order valence-electron chi connectivity index (χ4n) is 1.78. The number of aromatic carboxylic acids is 1. The summed E-state index contributed by atoms with van der Waals surface area (Å²) < 4.78 is 5.09. The molecule has 0 unspecified atom stereocenters. The number of carbonyl (C=O) groups is 1. The normalized spacial score (nSPS) is 9.94. The van der Waals surface area contributed by atoms with Gasteiger partial charge in [-0.3, -0.25) is 0 Å². The van der Waals surface area contributed by atoms with E-state index in [-0.39, 0.29) is 5.56 Å². The number of rotatable bonds is 3. The Morgan fingerprint density at radius 3 is 2.35 bits per heavy atom. The van der Waals surface area contributed by atoms with E-state index in [1.807, 2.05) is 30.3 Å². The molecule has 0 aromatic heterocycles. The first-order chi connectivity index (χ1) is 8.24. The van der Waals surface area contributed by atoms with Crippen molar-refractivity contribution in [1.29, 1.82) is 0 Å². The van der Waals surface area contributed by atoms with E-state index in [2.05, 4.69) is 0 Å². The van der Waals surface area contributed by atoms with E-state index in [1.165, 1.54) is 7.11 Å². The molecule has 2 aromatic carbocycles. The average molecular weight is 228 g/mol. The minimum absolute atomic E-state index is 0.196. The molecular weight excluding hydrogens is 216 g/mol. The van der Waals surface area contributed by atoms with Crippen LogP contribution in [0.1, 0.15) is 10.4 Å². The van der Waals surface area contributed by atoms with Crippen LogP contribution in [0.15, 0.2) is 48.5 Å². The Hall–Kier alpha value is -2.29. The van der Waals surface area contributed by atoms with Crippen LogP contribution in [0.25, 0.3) is 11.1 Å². The largest absolute Gasteiger partial charge is 0.496 e. The maximum Gasteiger partial charge on any atom is 0.340 e. The van der Waals surface area contributed by atoms with Crippen molar-refractivity contribution in [2.45, 2.75) is 0 Å². The van der Waals surface area contributed by atoms with E-state index in [9.17, 15) is 9.90 Å². The van der Waals surface area contributed by atoms with Gasteiger partial charge in [0.05, 0.1) is 7.11 Å². The number of hydrogen-bond acceptors (Lipinski definition) is 2. The Bertz CT molecular complexity index is 532. The van der Waals surface area contributed by atoms with Gasteiger partial charge in [0.25, 0.3) is 0 Å². The van der Waals surface area contributed by atoms with Crippen molar-refractivity contribution in [3.63, 3.8) is 0 Å². The first kappa shape index (κ1) is 11.2. The third kappa shape index (κ3) is 2.13. The number of benzene rings is 2. The zero-order chi connectivity index (χ0) is 12.3. The highest BCUT2D eigenvalue weighted by Crippen LogP contribution is 2.30. The van der Waals surface area contributed by atoms with E-state index >= 15 is 0 Å². The van der Waals surface area contributed by atoms with E-state index < -0.39 is 5.97 Å². The van der Waals surface area contributed by atoms with Crippen LogP contribution in [0.4, 0.5) is 0 Å². The molecule has 0 amide bonds. The third-order valence-corrected chi connectivity index (χ3v) is 2.54. The van der Waals surface area contributed by atoms with Crippen LogP contribution in [0.2, 0.25) is 0 Å². The van der Waals surface area contributed by atoms with Crippen LogP contribution in [-0.4, -0.2) is 18.2 Å². The average Bonchev–Trinajstić information content (AvgIpc) is 2.38. The fraction of sp³-hybridized carbons (Fsp3) is 0.0714. The van der Waals surface area contributed by atoms with Crippen molar-refractivity contribution in [1.82, 2.24) is 0 Å². The second kappa shape index (κ2) is 4.70. The monoisotopic (exact) mass is 228 g/mol. The summed E-state index contributed by atoms with van der Waals surface area (Å²) in [6, 6.07) is 14.6. The topological polar surface area (TPSA) is 46.5 Å². The fourth-order valence-corrected chi connectivity index (χ4v) is 1.78. The lowest BCUT2D eigenvalue weighted by Crippen LogP contribution is -2.03. The molecule has 1 N–H and O–H groups in total. The van der Waals surface area contributed by atoms with Crippen LogP contribution < -0.4 is 4.74 Å². The number of hydrogen-bond donors (Lipinski definition) is 1. The molecule has 0 aliphatic rings. The summed E-state index contributed by atoms with van der Waals surface area (Å²) in [7, 11) is 1.47. The van der Waals surface area contributed by atoms with Gasteiger partial charge in [-0.05, 0) is 17.2 Å². The van der Waals surface area contributed by atoms with Crippen LogP contribution in [-0.2, 0) is 0 Å². The van der Waals surface area contributed by atoms with Crippen molar-refractivity contribution < 1.29 is 14.6 Å². The highest BCUT2D eigenvalue weighted by molar-refractivity contribution is 5.98. The van der Waals surface area contributed by atoms with Gasteiger partial charge in [0.2, 0.25) is 0 Å². The van der Waals surface area contributed by atoms with E-state index in [4.69, 9.17) is 4.74 Å². The molecule has 0 heterocycles. The minimum atomic E-state index is -0.985. The smallest absolute Gasteiger partial charge is 0.340 e. The Labute approximate surface area is 99.3 Å². The second-order valence-corrected chi connectivity index (χ2v) is 3.55. The summed E-state index contributed by atoms with van der Waals surface area (Å²) in [5, 5.41) is 9.26. The summed E-state index contributed by atoms with van der Waals surface area (Å²) in [6.07, 6.45) is 0. The molecule has 0 saturated carbocycles. The molecule has 2 rings (SSSR count). The van der Waals surface area contributed by atoms with Gasteiger partial charge in [0.1, 0.15) is 11.3 Å². The molecule has 0 spiro atoms. The van der Waals surface area contributed by atoms with Crippen molar-refractivity contribution in [2.24, 2.45) is 0 Å². The van der Waals surface area contributed by atoms with E-state index in [0.717, 1.165) is 5.56 Å². The minimum Gasteiger partial charge on any atom is -0.496 e. The van der Waals surface area contributed by atoms with Gasteiger partial charge < -0.3 is 9.84 Å². The number of carboxylic acid groups (broad SMARTS) is 1. The first-order valence-corrected chi connectivity index (χ1v) is 5.19. The maximum absolute atomic E-state index is 11.3. The number of carboxylic acids is 1. The summed E-state index contributed by atoms with van der Waals surface area (Å²) in [6.45, 7) is 0. The Morgan fingerprint density at radius 1 is 1.06 bits per heavy atom. The van der Waals surface area contributed by atoms with Crippen LogP contribution >= 0.6 is 0 Å². The predicted molar refractivity (Wildman–Crippen MR) is 65.4 cm³/mol. The van der Waals surface area contributed by atoms with Gasteiger partial charge in [-0.1, -0.05) is 42.5 Å². The summed E-state index contributed by atoms with van der Waals surface area (Å²) in [4.78, 5) is 11.3. The first-order valence-electron chi connectivity index (χ1n) is 5.19. The molecule has 0 aliphatic heterocycles. The molecule has 86 valence electrons. The predicted octanol–water partition coefficient (Wildman–Crippen LogP) is 3.06. The molecule has 3 nitrogen and oxygen atoms in total. The van der Waals surface area contributed by atoms with Gasteiger partial charge in [0.15, 0.2) is 0 Å². The molecule has 0 bridgehead atoms. The van der Waals surface area contributed by atoms with Crippen LogP contribution in [0.5, 0.6) is 5.75 Å². The molecular formula is C14H12O3. The quantitative estimate of drug-likeness (QED) is 0.878. The van der Waals surface area contributed by atoms with E-state index in [0.29, 0.717) is 11.3 Å². The lowest BCUT2D eigenvalue weighted by Gasteiger charge is -2.10. The van der Waals surface area contributed by atoms with Gasteiger partial charge in [-0.15, -0.1) is 0 Å². The van der Waals surface area contributed by atoms with Gasteiger partial charge in [-0.25, -0.2) is 4.79 Å². The highest BCUT2D eigenvalue weighted by Gasteiger charge is 2.16. The Balaban J connectivity index is 2.66. The van der Waals surface area contributed by atoms with Gasteiger partial charge in [0, 0.05) is 0 Å². The van der Waals surface area contributed by atoms with Crippen molar-refractivity contribution in [3.8, 4) is 16.9 Å². The summed E-state index contributed by atoms with van der Waals surface area (Å²) >= 11 is 0. The molecule has 0 fully saturated rings. The van der Waals surface area contributed by atoms with Gasteiger partial charge >= 0.3 is 5.97 Å². The van der Waals surface area contributed by atoms with Crippen LogP contribution in [0.3, 0.4) is 0 Å². The summed E-state index contributed by atoms with van der Waals surface area (Å²) in [5.74, 6) is -0.611. The van der Waals surface area contributed by atoms with Gasteiger partial charge in [-0.2, -0.15) is 0 Å². The van der Waals surface area contributed by atoms with Crippen LogP contribution in [0, 0.1) is 0 Å². The van der Waals surface area contributed by atoms with E-state index in [1.54, 1.807) is 18.2 Å². The molecule has 0 atom stereocenters.